The number of methoxy groups -OCH3 is 1. The summed E-state index contributed by atoms with van der Waals surface area (Å²) >= 11 is 0. The minimum absolute atomic E-state index is 0.261. The Morgan fingerprint density at radius 3 is 2.67 bits per heavy atom. The smallest absolute Gasteiger partial charge is 0.341 e. The van der Waals surface area contributed by atoms with Gasteiger partial charge in [0.1, 0.15) is 17.2 Å². The number of rotatable bonds is 5. The lowest BCUT2D eigenvalue weighted by Crippen LogP contribution is -2.08. The van der Waals surface area contributed by atoms with Crippen LogP contribution in [-0.4, -0.2) is 22.6 Å². The molecule has 0 spiro atoms. The number of hydrogen-bond acceptors (Lipinski definition) is 4. The number of carbonyl (C=O) groups excluding carboxylic acids is 1. The Balaban J connectivity index is 1.47. The Bertz CT molecular complexity index is 1240. The predicted molar refractivity (Wildman–Crippen MR) is 114 cm³/mol. The number of carbonyl (C=O) groups is 1. The second kappa shape index (κ2) is 7.30. The quantitative estimate of drug-likeness (QED) is 0.444. The predicted octanol–water partition coefficient (Wildman–Crippen LogP) is 5.57. The molecule has 30 heavy (non-hydrogen) atoms. The van der Waals surface area contributed by atoms with Gasteiger partial charge in [-0.3, -0.25) is 0 Å². The van der Waals surface area contributed by atoms with Crippen molar-refractivity contribution in [2.75, 3.05) is 12.4 Å². The molecule has 0 unspecified atom stereocenters. The minimum atomic E-state index is -0.406. The lowest BCUT2D eigenvalue weighted by molar-refractivity contribution is 0.0601. The normalized spacial score (nSPS) is 13.4. The van der Waals surface area contributed by atoms with Crippen molar-refractivity contribution in [2.24, 2.45) is 0 Å². The standard InChI is InChI=1S/C24H20FN3O2/c1-30-24(29)21-13-17(15-2-3-15)14-26-23(21)27-19-6-9-22-16(12-19)10-11-28(22)20-7-4-18(25)5-8-20/h4-15H,2-3H2,1H3,(H,26,27). The van der Waals surface area contributed by atoms with Gasteiger partial charge in [0.15, 0.2) is 0 Å². The number of pyridine rings is 1. The molecule has 150 valence electrons. The summed E-state index contributed by atoms with van der Waals surface area (Å²) in [5.74, 6) is 0.306. The summed E-state index contributed by atoms with van der Waals surface area (Å²) in [6.45, 7) is 0. The number of ether oxygens (including phenoxy) is 1. The molecule has 1 fully saturated rings. The largest absolute Gasteiger partial charge is 0.465 e. The van der Waals surface area contributed by atoms with Crippen molar-refractivity contribution in [1.29, 1.82) is 0 Å². The van der Waals surface area contributed by atoms with Crippen molar-refractivity contribution in [3.05, 3.63) is 83.9 Å². The number of halogens is 1. The van der Waals surface area contributed by atoms with Gasteiger partial charge in [-0.15, -0.1) is 0 Å². The van der Waals surface area contributed by atoms with E-state index in [0.29, 0.717) is 17.3 Å². The topological polar surface area (TPSA) is 56.1 Å². The van der Waals surface area contributed by atoms with Gasteiger partial charge in [0.25, 0.3) is 0 Å². The maximum Gasteiger partial charge on any atom is 0.341 e. The molecule has 5 rings (SSSR count). The zero-order valence-corrected chi connectivity index (χ0v) is 16.4. The molecule has 0 radical (unpaired) electrons. The van der Waals surface area contributed by atoms with E-state index in [2.05, 4.69) is 10.3 Å². The number of fused-ring (bicyclic) bond motifs is 1. The van der Waals surface area contributed by atoms with Crippen molar-refractivity contribution in [1.82, 2.24) is 9.55 Å². The molecule has 0 atom stereocenters. The van der Waals surface area contributed by atoms with Gasteiger partial charge in [0.2, 0.25) is 0 Å². The molecule has 0 saturated heterocycles. The molecular formula is C24H20FN3O2. The molecule has 2 aromatic carbocycles. The molecule has 1 saturated carbocycles. The van der Waals surface area contributed by atoms with Gasteiger partial charge < -0.3 is 14.6 Å². The van der Waals surface area contributed by atoms with Crippen LogP contribution in [0.15, 0.2) is 67.0 Å². The number of anilines is 2. The highest BCUT2D eigenvalue weighted by molar-refractivity contribution is 5.96. The van der Waals surface area contributed by atoms with Crippen molar-refractivity contribution >= 4 is 28.4 Å². The first-order valence-electron chi connectivity index (χ1n) is 9.85. The van der Waals surface area contributed by atoms with Crippen LogP contribution in [0.25, 0.3) is 16.6 Å². The third kappa shape index (κ3) is 3.41. The third-order valence-electron chi connectivity index (χ3n) is 5.42. The first kappa shape index (κ1) is 18.4. The highest BCUT2D eigenvalue weighted by Crippen LogP contribution is 2.40. The minimum Gasteiger partial charge on any atom is -0.465 e. The summed E-state index contributed by atoms with van der Waals surface area (Å²) in [6.07, 6.45) is 6.05. The van der Waals surface area contributed by atoms with Gasteiger partial charge in [-0.2, -0.15) is 0 Å². The van der Waals surface area contributed by atoms with Gasteiger partial charge in [-0.05, 0) is 78.9 Å². The van der Waals surface area contributed by atoms with Crippen LogP contribution in [0.3, 0.4) is 0 Å². The van der Waals surface area contributed by atoms with E-state index in [1.54, 1.807) is 12.1 Å². The van der Waals surface area contributed by atoms with Crippen molar-refractivity contribution in [3.8, 4) is 5.69 Å². The molecule has 6 heteroatoms. The Hall–Kier alpha value is -3.67. The van der Waals surface area contributed by atoms with E-state index >= 15 is 0 Å². The Morgan fingerprint density at radius 2 is 1.93 bits per heavy atom. The summed E-state index contributed by atoms with van der Waals surface area (Å²) < 4.78 is 20.2. The second-order valence-corrected chi connectivity index (χ2v) is 7.49. The van der Waals surface area contributed by atoms with Gasteiger partial charge in [0.05, 0.1) is 12.6 Å². The van der Waals surface area contributed by atoms with E-state index in [9.17, 15) is 9.18 Å². The number of aromatic nitrogens is 2. The number of nitrogens with zero attached hydrogens (tertiary/aromatic N) is 2. The first-order valence-corrected chi connectivity index (χ1v) is 9.85. The SMILES string of the molecule is COC(=O)c1cc(C2CC2)cnc1Nc1ccc2c(ccn2-c2ccc(F)cc2)c1. The highest BCUT2D eigenvalue weighted by Gasteiger charge is 2.26. The van der Waals surface area contributed by atoms with Crippen LogP contribution < -0.4 is 5.32 Å². The van der Waals surface area contributed by atoms with E-state index in [1.165, 1.54) is 19.2 Å². The molecule has 1 aliphatic rings. The van der Waals surface area contributed by atoms with Crippen LogP contribution in [0, 0.1) is 5.82 Å². The maximum absolute atomic E-state index is 13.2. The van der Waals surface area contributed by atoms with Crippen LogP contribution in [0.4, 0.5) is 15.9 Å². The molecule has 0 aliphatic heterocycles. The zero-order chi connectivity index (χ0) is 20.7. The second-order valence-electron chi connectivity index (χ2n) is 7.49. The summed E-state index contributed by atoms with van der Waals surface area (Å²) in [5, 5.41) is 4.26. The fraction of sp³-hybridized carbons (Fsp3) is 0.167. The van der Waals surface area contributed by atoms with Crippen molar-refractivity contribution in [3.63, 3.8) is 0 Å². The van der Waals surface area contributed by atoms with Crippen LogP contribution in [0.5, 0.6) is 0 Å². The lowest BCUT2D eigenvalue weighted by Gasteiger charge is -2.12. The van der Waals surface area contributed by atoms with Crippen LogP contribution in [0.1, 0.15) is 34.7 Å². The monoisotopic (exact) mass is 401 g/mol. The van der Waals surface area contributed by atoms with Gasteiger partial charge in [-0.1, -0.05) is 0 Å². The van der Waals surface area contributed by atoms with Crippen LogP contribution >= 0.6 is 0 Å². The average Bonchev–Trinajstić information content (AvgIpc) is 3.54. The molecule has 1 aliphatic carbocycles. The Morgan fingerprint density at radius 1 is 1.13 bits per heavy atom. The summed E-state index contributed by atoms with van der Waals surface area (Å²) in [4.78, 5) is 16.8. The number of hydrogen-bond donors (Lipinski definition) is 1. The number of nitrogens with one attached hydrogen (secondary N) is 1. The number of benzene rings is 2. The number of esters is 1. The molecule has 2 heterocycles. The first-order chi connectivity index (χ1) is 14.6. The van der Waals surface area contributed by atoms with E-state index in [1.807, 2.05) is 47.3 Å². The van der Waals surface area contributed by atoms with E-state index in [4.69, 9.17) is 4.74 Å². The third-order valence-corrected chi connectivity index (χ3v) is 5.42. The Kier molecular flexibility index (Phi) is 4.47. The van der Waals surface area contributed by atoms with E-state index in [-0.39, 0.29) is 5.82 Å². The average molecular weight is 401 g/mol. The molecule has 0 amide bonds. The van der Waals surface area contributed by atoms with Gasteiger partial charge >= 0.3 is 5.97 Å². The van der Waals surface area contributed by atoms with Crippen LogP contribution in [0.2, 0.25) is 0 Å². The summed E-state index contributed by atoms with van der Waals surface area (Å²) in [7, 11) is 1.38. The fourth-order valence-electron chi connectivity index (χ4n) is 3.67. The van der Waals surface area contributed by atoms with Gasteiger partial charge in [0, 0.05) is 29.2 Å². The fourth-order valence-corrected chi connectivity index (χ4v) is 3.67. The molecule has 5 nitrogen and oxygen atoms in total. The zero-order valence-electron chi connectivity index (χ0n) is 16.4. The van der Waals surface area contributed by atoms with Crippen molar-refractivity contribution in [2.45, 2.75) is 18.8 Å². The van der Waals surface area contributed by atoms with Crippen LogP contribution in [-0.2, 0) is 4.74 Å². The molecule has 1 N–H and O–H groups in total. The Labute approximate surface area is 173 Å². The molecule has 4 aromatic rings. The molecular weight excluding hydrogens is 381 g/mol. The maximum atomic E-state index is 13.2. The molecule has 2 aromatic heterocycles. The summed E-state index contributed by atoms with van der Waals surface area (Å²) in [6, 6.07) is 16.2. The van der Waals surface area contributed by atoms with Gasteiger partial charge in [-0.25, -0.2) is 14.2 Å². The summed E-state index contributed by atoms with van der Waals surface area (Å²) in [5.41, 5.74) is 4.21. The van der Waals surface area contributed by atoms with E-state index in [0.717, 1.165) is 40.7 Å². The van der Waals surface area contributed by atoms with E-state index < -0.39 is 5.97 Å². The van der Waals surface area contributed by atoms with Crippen molar-refractivity contribution < 1.29 is 13.9 Å². The highest BCUT2D eigenvalue weighted by atomic mass is 19.1. The lowest BCUT2D eigenvalue weighted by atomic mass is 10.1. The molecule has 0 bridgehead atoms.